The minimum absolute atomic E-state index is 0.128. The highest BCUT2D eigenvalue weighted by molar-refractivity contribution is 6.39. The lowest BCUT2D eigenvalue weighted by atomic mass is 10.0. The number of rotatable bonds is 7. The van der Waals surface area contributed by atoms with Crippen LogP contribution in [-0.2, 0) is 6.61 Å². The smallest absolute Gasteiger partial charge is 0.146 e. The molecule has 0 radical (unpaired) electrons. The zero-order valence-corrected chi connectivity index (χ0v) is 22.5. The highest BCUT2D eigenvalue weighted by atomic mass is 35.5. The largest absolute Gasteiger partial charge is 0.489 e. The van der Waals surface area contributed by atoms with Crippen molar-refractivity contribution in [1.82, 2.24) is 5.16 Å². The van der Waals surface area contributed by atoms with E-state index in [2.05, 4.69) is 75.8 Å². The monoisotopic (exact) mass is 517 g/mol. The van der Waals surface area contributed by atoms with Crippen molar-refractivity contribution in [2.24, 2.45) is 0 Å². The molecule has 3 aromatic carbocycles. The van der Waals surface area contributed by atoms with E-state index >= 15 is 0 Å². The van der Waals surface area contributed by atoms with Gasteiger partial charge in [-0.1, -0.05) is 91.3 Å². The molecule has 0 saturated carbocycles. The third-order valence-electron chi connectivity index (χ3n) is 6.21. The standard InChI is InChI=1S/C31H29Cl2NO2/c1-6-20(5)25-16-13-23(17-21(25)7-2)22-11-14-24(15-12-22)35-18-26-30(34-36-31(26)19(3)4)29-27(32)9-8-10-28(29)33/h6-17,19H,1,18H2,2-5H3/b21-7-,25-20-. The topological polar surface area (TPSA) is 35.3 Å². The van der Waals surface area contributed by atoms with E-state index in [0.717, 1.165) is 33.8 Å². The molecule has 0 atom stereocenters. The molecule has 0 aliphatic carbocycles. The summed E-state index contributed by atoms with van der Waals surface area (Å²) in [7, 11) is 0. The number of halogens is 2. The quantitative estimate of drug-likeness (QED) is 0.248. The van der Waals surface area contributed by atoms with Gasteiger partial charge in [0.25, 0.3) is 0 Å². The van der Waals surface area contributed by atoms with Crippen molar-refractivity contribution in [2.75, 3.05) is 0 Å². The van der Waals surface area contributed by atoms with E-state index in [1.165, 1.54) is 10.4 Å². The Morgan fingerprint density at radius 3 is 2.31 bits per heavy atom. The first-order chi connectivity index (χ1) is 17.3. The number of ether oxygens (including phenoxy) is 1. The molecule has 4 aromatic rings. The van der Waals surface area contributed by atoms with Gasteiger partial charge in [0.05, 0.1) is 15.6 Å². The zero-order valence-electron chi connectivity index (χ0n) is 20.9. The van der Waals surface area contributed by atoms with E-state index in [0.29, 0.717) is 21.3 Å². The molecule has 3 nitrogen and oxygen atoms in total. The molecule has 0 saturated heterocycles. The molecule has 5 heteroatoms. The number of hydrogen-bond donors (Lipinski definition) is 0. The van der Waals surface area contributed by atoms with Gasteiger partial charge < -0.3 is 9.26 Å². The first-order valence-corrected chi connectivity index (χ1v) is 12.7. The van der Waals surface area contributed by atoms with Gasteiger partial charge in [0.15, 0.2) is 0 Å². The van der Waals surface area contributed by atoms with Crippen molar-refractivity contribution >= 4 is 34.9 Å². The molecule has 0 N–H and O–H groups in total. The van der Waals surface area contributed by atoms with Crippen molar-refractivity contribution in [3.05, 3.63) is 105 Å². The van der Waals surface area contributed by atoms with Crippen LogP contribution in [0, 0.1) is 0 Å². The van der Waals surface area contributed by atoms with E-state index in [1.54, 1.807) is 12.1 Å². The lowest BCUT2D eigenvalue weighted by Gasteiger charge is -2.11. The molecule has 1 aromatic heterocycles. The molecule has 0 fully saturated rings. The van der Waals surface area contributed by atoms with Crippen molar-refractivity contribution < 1.29 is 9.26 Å². The first-order valence-electron chi connectivity index (χ1n) is 11.9. The Kier molecular flexibility index (Phi) is 8.03. The second kappa shape index (κ2) is 11.2. The maximum absolute atomic E-state index is 6.46. The molecule has 0 aliphatic heterocycles. The summed E-state index contributed by atoms with van der Waals surface area (Å²) in [5, 5.41) is 7.72. The molecule has 184 valence electrons. The molecular weight excluding hydrogens is 489 g/mol. The van der Waals surface area contributed by atoms with Crippen molar-refractivity contribution in [3.8, 4) is 28.1 Å². The molecule has 0 spiro atoms. The van der Waals surface area contributed by atoms with Crippen LogP contribution in [0.2, 0.25) is 10.0 Å². The summed E-state index contributed by atoms with van der Waals surface area (Å²) < 4.78 is 11.9. The Bertz CT molecular complexity index is 1500. The molecule has 0 aliphatic rings. The zero-order chi connectivity index (χ0) is 25.8. The van der Waals surface area contributed by atoms with Crippen LogP contribution >= 0.6 is 23.2 Å². The van der Waals surface area contributed by atoms with E-state index in [-0.39, 0.29) is 12.5 Å². The fourth-order valence-corrected chi connectivity index (χ4v) is 4.76. The third-order valence-corrected chi connectivity index (χ3v) is 6.84. The molecule has 36 heavy (non-hydrogen) atoms. The van der Waals surface area contributed by atoms with Crippen molar-refractivity contribution in [2.45, 2.75) is 40.2 Å². The lowest BCUT2D eigenvalue weighted by Crippen LogP contribution is -2.25. The number of nitrogens with zero attached hydrogens (tertiary/aromatic N) is 1. The van der Waals surface area contributed by atoms with Crippen LogP contribution in [0.25, 0.3) is 34.0 Å². The minimum atomic E-state index is 0.128. The fraction of sp³-hybridized carbons (Fsp3) is 0.194. The van der Waals surface area contributed by atoms with Gasteiger partial charge in [0.2, 0.25) is 0 Å². The van der Waals surface area contributed by atoms with Crippen LogP contribution in [0.4, 0.5) is 0 Å². The third kappa shape index (κ3) is 5.28. The number of allylic oxidation sites excluding steroid dienone is 1. The van der Waals surface area contributed by atoms with Crippen LogP contribution in [0.1, 0.15) is 44.9 Å². The molecule has 4 rings (SSSR count). The summed E-state index contributed by atoms with van der Waals surface area (Å²) in [6, 6.07) is 20.0. The summed E-state index contributed by atoms with van der Waals surface area (Å²) in [5.41, 5.74) is 5.53. The van der Waals surface area contributed by atoms with Crippen molar-refractivity contribution in [3.63, 3.8) is 0 Å². The summed E-state index contributed by atoms with van der Waals surface area (Å²) in [6.07, 6.45) is 4.01. The maximum atomic E-state index is 6.46. The molecule has 0 amide bonds. The second-order valence-corrected chi connectivity index (χ2v) is 9.73. The predicted octanol–water partition coefficient (Wildman–Crippen LogP) is 8.17. The van der Waals surface area contributed by atoms with E-state index in [9.17, 15) is 0 Å². The number of aromatic nitrogens is 1. The normalized spacial score (nSPS) is 12.7. The first kappa shape index (κ1) is 25.8. The van der Waals surface area contributed by atoms with Gasteiger partial charge in [-0.25, -0.2) is 0 Å². The Balaban J connectivity index is 1.61. The van der Waals surface area contributed by atoms with Gasteiger partial charge in [-0.3, -0.25) is 0 Å². The van der Waals surface area contributed by atoms with Gasteiger partial charge in [-0.2, -0.15) is 0 Å². The predicted molar refractivity (Wildman–Crippen MR) is 151 cm³/mol. The van der Waals surface area contributed by atoms with Gasteiger partial charge in [0.1, 0.15) is 23.8 Å². The minimum Gasteiger partial charge on any atom is -0.489 e. The van der Waals surface area contributed by atoms with Crippen LogP contribution in [0.3, 0.4) is 0 Å². The molecule has 1 heterocycles. The van der Waals surface area contributed by atoms with Crippen LogP contribution in [0.5, 0.6) is 5.75 Å². The average Bonchev–Trinajstić information content (AvgIpc) is 3.30. The van der Waals surface area contributed by atoms with Gasteiger partial charge in [-0.05, 0) is 71.3 Å². The van der Waals surface area contributed by atoms with E-state index in [4.69, 9.17) is 32.5 Å². The van der Waals surface area contributed by atoms with Gasteiger partial charge in [-0.15, -0.1) is 0 Å². The van der Waals surface area contributed by atoms with Gasteiger partial charge >= 0.3 is 0 Å². The summed E-state index contributed by atoms with van der Waals surface area (Å²) >= 11 is 12.9. The Morgan fingerprint density at radius 2 is 1.69 bits per heavy atom. The Hall–Kier alpha value is -3.27. The molecular formula is C31H29Cl2NO2. The van der Waals surface area contributed by atoms with Crippen LogP contribution in [-0.4, -0.2) is 5.16 Å². The van der Waals surface area contributed by atoms with Gasteiger partial charge in [0, 0.05) is 11.5 Å². The van der Waals surface area contributed by atoms with Crippen LogP contribution < -0.4 is 15.2 Å². The number of benzene rings is 3. The maximum Gasteiger partial charge on any atom is 0.146 e. The Morgan fingerprint density at radius 1 is 1.03 bits per heavy atom. The summed E-state index contributed by atoms with van der Waals surface area (Å²) in [5.74, 6) is 1.64. The summed E-state index contributed by atoms with van der Waals surface area (Å²) in [6.45, 7) is 12.4. The highest BCUT2D eigenvalue weighted by Gasteiger charge is 2.23. The highest BCUT2D eigenvalue weighted by Crippen LogP contribution is 2.38. The number of hydrogen-bond acceptors (Lipinski definition) is 3. The Labute approximate surface area is 222 Å². The fourth-order valence-electron chi connectivity index (χ4n) is 4.18. The SMILES string of the molecule is C=C/C(C)=c1/ccc(-c2ccc(OCc3c(-c4c(Cl)cccc4Cl)noc3C(C)C)cc2)c/c1=C/C. The second-order valence-electron chi connectivity index (χ2n) is 8.92. The molecule has 0 unspecified atom stereocenters. The van der Waals surface area contributed by atoms with Crippen LogP contribution in [0.15, 0.2) is 77.8 Å². The van der Waals surface area contributed by atoms with E-state index in [1.807, 2.05) is 24.3 Å². The van der Waals surface area contributed by atoms with Crippen molar-refractivity contribution in [1.29, 1.82) is 0 Å². The average molecular weight is 518 g/mol. The lowest BCUT2D eigenvalue weighted by molar-refractivity contribution is 0.298. The summed E-state index contributed by atoms with van der Waals surface area (Å²) in [4.78, 5) is 0. The van der Waals surface area contributed by atoms with E-state index < -0.39 is 0 Å². The molecule has 0 bridgehead atoms.